The van der Waals surface area contributed by atoms with Crippen LogP contribution in [0.2, 0.25) is 0 Å². The third-order valence-electron chi connectivity index (χ3n) is 5.47. The first-order valence-corrected chi connectivity index (χ1v) is 11.8. The van der Waals surface area contributed by atoms with Gasteiger partial charge in [0.25, 0.3) is 11.1 Å². The Hall–Kier alpha value is -2.22. The van der Waals surface area contributed by atoms with Crippen LogP contribution in [-0.4, -0.2) is 35.6 Å². The monoisotopic (exact) mass is 618 g/mol. The summed E-state index contributed by atoms with van der Waals surface area (Å²) < 4.78 is 11.5. The Labute approximate surface area is 215 Å². The lowest BCUT2D eigenvalue weighted by atomic mass is 9.86. The first kappa shape index (κ1) is 25.4. The molecule has 176 valence electrons. The van der Waals surface area contributed by atoms with E-state index in [1.807, 2.05) is 0 Å². The largest absolute Gasteiger partial charge is 0.494 e. The molecule has 0 unspecified atom stereocenters. The van der Waals surface area contributed by atoms with Crippen molar-refractivity contribution in [2.24, 2.45) is 28.2 Å². The van der Waals surface area contributed by atoms with Gasteiger partial charge in [-0.2, -0.15) is 0 Å². The van der Waals surface area contributed by atoms with Crippen molar-refractivity contribution < 1.29 is 14.9 Å². The third kappa shape index (κ3) is 4.00. The fourth-order valence-corrected chi connectivity index (χ4v) is 5.53. The lowest BCUT2D eigenvalue weighted by Gasteiger charge is -2.24. The number of hydrogen-bond donors (Lipinski definition) is 2. The molecule has 33 heavy (non-hydrogen) atoms. The highest BCUT2D eigenvalue weighted by Gasteiger charge is 2.33. The highest BCUT2D eigenvalue weighted by Crippen LogP contribution is 2.42. The van der Waals surface area contributed by atoms with Gasteiger partial charge in [0, 0.05) is 28.2 Å². The fourth-order valence-electron chi connectivity index (χ4n) is 3.64. The van der Waals surface area contributed by atoms with E-state index in [0.717, 1.165) is 0 Å². The molecule has 2 aromatic heterocycles. The Morgan fingerprint density at radius 2 is 1.18 bits per heavy atom. The molecule has 9 nitrogen and oxygen atoms in total. The second-order valence-corrected chi connectivity index (χ2v) is 9.78. The molecule has 0 amide bonds. The summed E-state index contributed by atoms with van der Waals surface area (Å²) >= 11 is 17.3. The lowest BCUT2D eigenvalue weighted by molar-refractivity contribution is 0.395. The molecule has 3 rings (SSSR count). The molecule has 3 aromatic rings. The summed E-state index contributed by atoms with van der Waals surface area (Å²) in [4.78, 5) is 26.7. The van der Waals surface area contributed by atoms with E-state index in [4.69, 9.17) is 29.2 Å². The number of aromatic nitrogens is 4. The van der Waals surface area contributed by atoms with Gasteiger partial charge >= 0.3 is 0 Å². The normalized spacial score (nSPS) is 11.3. The van der Waals surface area contributed by atoms with Crippen molar-refractivity contribution in [3.8, 4) is 17.5 Å². The van der Waals surface area contributed by atoms with Gasteiger partial charge in [0.2, 0.25) is 11.8 Å². The molecular weight excluding hydrogens is 600 g/mol. The number of rotatable bonds is 4. The van der Waals surface area contributed by atoms with Gasteiger partial charge in [0.1, 0.15) is 5.75 Å². The Balaban J connectivity index is 2.61. The molecule has 2 heterocycles. The average molecular weight is 620 g/mol. The van der Waals surface area contributed by atoms with Crippen molar-refractivity contribution in [1.29, 1.82) is 0 Å². The Morgan fingerprint density at radius 1 is 0.818 bits per heavy atom. The first-order valence-electron chi connectivity index (χ1n) is 9.35. The van der Waals surface area contributed by atoms with Gasteiger partial charge in [0.15, 0.2) is 9.54 Å². The number of ether oxygens (including phenoxy) is 1. The molecule has 2 N–H and O–H groups in total. The summed E-state index contributed by atoms with van der Waals surface area (Å²) in [5, 5.41) is 22.0. The van der Waals surface area contributed by atoms with E-state index in [2.05, 4.69) is 31.9 Å². The zero-order valence-electron chi connectivity index (χ0n) is 18.2. The van der Waals surface area contributed by atoms with Gasteiger partial charge in [-0.1, -0.05) is 0 Å². The molecule has 0 atom stereocenters. The van der Waals surface area contributed by atoms with Crippen LogP contribution in [0.1, 0.15) is 22.6 Å². The van der Waals surface area contributed by atoms with E-state index >= 15 is 0 Å². The summed E-state index contributed by atoms with van der Waals surface area (Å²) in [5.74, 6) is -1.54. The predicted octanol–water partition coefficient (Wildman–Crippen LogP) is 3.34. The number of aromatic hydroxyl groups is 2. The second kappa shape index (κ2) is 9.20. The predicted molar refractivity (Wildman–Crippen MR) is 136 cm³/mol. The molecule has 0 aliphatic heterocycles. The maximum atomic E-state index is 13.4. The first-order chi connectivity index (χ1) is 15.3. The Kier molecular flexibility index (Phi) is 7.08. The van der Waals surface area contributed by atoms with Gasteiger partial charge in [-0.05, 0) is 74.0 Å². The van der Waals surface area contributed by atoms with E-state index < -0.39 is 28.8 Å². The smallest absolute Gasteiger partial charge is 0.262 e. The van der Waals surface area contributed by atoms with Crippen LogP contribution in [0, 0.1) is 9.54 Å². The topological polar surface area (TPSA) is 104 Å². The summed E-state index contributed by atoms with van der Waals surface area (Å²) in [6, 6.07) is 3.30. The number of benzene rings is 1. The molecule has 0 saturated carbocycles. The van der Waals surface area contributed by atoms with Crippen LogP contribution in [0.5, 0.6) is 17.5 Å². The molecule has 0 saturated heterocycles. The van der Waals surface area contributed by atoms with Crippen LogP contribution in [0.3, 0.4) is 0 Å². The van der Waals surface area contributed by atoms with Crippen LogP contribution >= 0.6 is 56.3 Å². The van der Waals surface area contributed by atoms with Crippen LogP contribution < -0.4 is 15.9 Å². The SMILES string of the molecule is COc1c(Br)cc(C(c2c(O)n(C)c(=S)n(C)c2=O)c2c(O)n(C)c(=S)n(C)c2=O)cc1Br. The zero-order valence-corrected chi connectivity index (χ0v) is 23.0. The standard InChI is InChI=1S/C20H20Br2N4O5S2/c1-23-15(27)12(16(28)24(2)19(23)32)11(8-6-9(21)14(31-5)10(22)7-8)13-17(29)25(3)20(33)26(4)18(13)30/h6-7,11,27,29H,1-5H3. The maximum Gasteiger partial charge on any atom is 0.262 e. The number of methoxy groups -OCH3 is 1. The van der Waals surface area contributed by atoms with Crippen molar-refractivity contribution in [3.05, 3.63) is 68.0 Å². The minimum Gasteiger partial charge on any atom is -0.494 e. The number of halogens is 2. The highest BCUT2D eigenvalue weighted by molar-refractivity contribution is 9.11. The summed E-state index contributed by atoms with van der Waals surface area (Å²) in [6.07, 6.45) is 0. The van der Waals surface area contributed by atoms with Crippen molar-refractivity contribution in [1.82, 2.24) is 18.3 Å². The summed E-state index contributed by atoms with van der Waals surface area (Å²) in [6.45, 7) is 0. The number of nitrogens with zero attached hydrogens (tertiary/aromatic N) is 4. The Bertz CT molecular complexity index is 1430. The van der Waals surface area contributed by atoms with E-state index in [-0.39, 0.29) is 20.7 Å². The van der Waals surface area contributed by atoms with Crippen LogP contribution in [0.4, 0.5) is 0 Å². The molecule has 0 aliphatic carbocycles. The quantitative estimate of drug-likeness (QED) is 0.432. The summed E-state index contributed by atoms with van der Waals surface area (Å²) in [5.41, 5.74) is -1.09. The van der Waals surface area contributed by atoms with Crippen LogP contribution in [0.15, 0.2) is 30.7 Å². The van der Waals surface area contributed by atoms with Crippen LogP contribution in [-0.2, 0) is 28.2 Å². The summed E-state index contributed by atoms with van der Waals surface area (Å²) in [7, 11) is 7.43. The molecule has 1 aromatic carbocycles. The minimum atomic E-state index is -1.18. The fraction of sp³-hybridized carbons (Fsp3) is 0.300. The maximum absolute atomic E-state index is 13.4. The van der Waals surface area contributed by atoms with Crippen molar-refractivity contribution in [3.63, 3.8) is 0 Å². The van der Waals surface area contributed by atoms with E-state index in [0.29, 0.717) is 20.3 Å². The van der Waals surface area contributed by atoms with E-state index in [1.54, 1.807) is 12.1 Å². The minimum absolute atomic E-state index is 0.0840. The van der Waals surface area contributed by atoms with Gasteiger partial charge in [-0.3, -0.25) is 27.9 Å². The Morgan fingerprint density at radius 3 is 1.52 bits per heavy atom. The van der Waals surface area contributed by atoms with Crippen molar-refractivity contribution in [2.75, 3.05) is 7.11 Å². The molecule has 0 fully saturated rings. The van der Waals surface area contributed by atoms with E-state index in [1.165, 1.54) is 53.6 Å². The molecule has 0 aliphatic rings. The molecule has 13 heteroatoms. The van der Waals surface area contributed by atoms with E-state index in [9.17, 15) is 19.8 Å². The second-order valence-electron chi connectivity index (χ2n) is 7.34. The molecule has 0 spiro atoms. The van der Waals surface area contributed by atoms with Gasteiger partial charge in [-0.25, -0.2) is 0 Å². The molecule has 0 radical (unpaired) electrons. The molecule has 0 bridgehead atoms. The lowest BCUT2D eigenvalue weighted by Crippen LogP contribution is -2.33. The van der Waals surface area contributed by atoms with Crippen molar-refractivity contribution in [2.45, 2.75) is 5.92 Å². The zero-order chi connectivity index (χ0) is 24.9. The van der Waals surface area contributed by atoms with Gasteiger partial charge in [-0.15, -0.1) is 0 Å². The van der Waals surface area contributed by atoms with Crippen LogP contribution in [0.25, 0.3) is 0 Å². The average Bonchev–Trinajstić information content (AvgIpc) is 2.77. The van der Waals surface area contributed by atoms with Gasteiger partial charge in [0.05, 0.1) is 33.1 Å². The molecular formula is C20H20Br2N4O5S2. The highest BCUT2D eigenvalue weighted by atomic mass is 79.9. The third-order valence-corrected chi connectivity index (χ3v) is 7.74. The van der Waals surface area contributed by atoms with Crippen molar-refractivity contribution >= 4 is 56.3 Å². The number of hydrogen-bond acceptors (Lipinski definition) is 7. The van der Waals surface area contributed by atoms with Gasteiger partial charge < -0.3 is 14.9 Å².